The minimum Gasteiger partial charge on any atom is -0.379 e. The first-order valence-electron chi connectivity index (χ1n) is 8.63. The Labute approximate surface area is 127 Å². The maximum absolute atomic E-state index is 12.5. The topological polar surface area (TPSA) is 53.6 Å². The Morgan fingerprint density at radius 1 is 1.19 bits per heavy atom. The molecule has 0 aromatic carbocycles. The Kier molecular flexibility index (Phi) is 5.14. The largest absolute Gasteiger partial charge is 0.379 e. The summed E-state index contributed by atoms with van der Waals surface area (Å²) in [6.45, 7) is 6.62. The van der Waals surface area contributed by atoms with Crippen molar-refractivity contribution in [1.29, 1.82) is 0 Å². The van der Waals surface area contributed by atoms with Gasteiger partial charge in [0.05, 0.1) is 19.1 Å². The lowest BCUT2D eigenvalue weighted by atomic mass is 9.99. The molecule has 0 aromatic rings. The second-order valence-corrected chi connectivity index (χ2v) is 6.75. The highest BCUT2D eigenvalue weighted by Gasteiger charge is 2.36. The first-order valence-corrected chi connectivity index (χ1v) is 8.63. The van der Waals surface area contributed by atoms with Crippen molar-refractivity contribution in [2.24, 2.45) is 5.92 Å². The van der Waals surface area contributed by atoms with Gasteiger partial charge < -0.3 is 20.3 Å². The van der Waals surface area contributed by atoms with Crippen LogP contribution in [0.1, 0.15) is 39.0 Å². The Hall–Kier alpha value is -0.650. The lowest BCUT2D eigenvalue weighted by Gasteiger charge is -2.33. The van der Waals surface area contributed by atoms with E-state index in [1.165, 1.54) is 12.8 Å². The predicted octanol–water partition coefficient (Wildman–Crippen LogP) is 0.744. The summed E-state index contributed by atoms with van der Waals surface area (Å²) in [5, 5.41) is 6.70. The molecule has 2 saturated heterocycles. The van der Waals surface area contributed by atoms with Gasteiger partial charge in [-0.05, 0) is 38.6 Å². The SMILES string of the molecule is CCCNC1COCC1C(=O)NC1CCN(C2CC2)CC1. The summed E-state index contributed by atoms with van der Waals surface area (Å²) >= 11 is 0. The molecule has 1 aliphatic carbocycles. The lowest BCUT2D eigenvalue weighted by molar-refractivity contribution is -0.126. The number of amides is 1. The van der Waals surface area contributed by atoms with Crippen LogP contribution < -0.4 is 10.6 Å². The van der Waals surface area contributed by atoms with Crippen LogP contribution in [0.4, 0.5) is 0 Å². The van der Waals surface area contributed by atoms with Crippen LogP contribution in [-0.2, 0) is 9.53 Å². The van der Waals surface area contributed by atoms with E-state index in [4.69, 9.17) is 4.74 Å². The van der Waals surface area contributed by atoms with Crippen LogP contribution in [0.15, 0.2) is 0 Å². The van der Waals surface area contributed by atoms with Crippen molar-refractivity contribution in [3.05, 3.63) is 0 Å². The molecule has 1 saturated carbocycles. The number of piperidine rings is 1. The maximum atomic E-state index is 12.5. The fourth-order valence-electron chi connectivity index (χ4n) is 3.50. The molecule has 2 aliphatic heterocycles. The molecule has 0 aromatic heterocycles. The van der Waals surface area contributed by atoms with Crippen LogP contribution in [0.3, 0.4) is 0 Å². The van der Waals surface area contributed by atoms with Crippen molar-refractivity contribution in [2.45, 2.75) is 57.2 Å². The first-order chi connectivity index (χ1) is 10.3. The monoisotopic (exact) mass is 295 g/mol. The van der Waals surface area contributed by atoms with Crippen LogP contribution in [0.25, 0.3) is 0 Å². The number of carbonyl (C=O) groups is 1. The van der Waals surface area contributed by atoms with Crippen LogP contribution >= 0.6 is 0 Å². The highest BCUT2D eigenvalue weighted by Crippen LogP contribution is 2.29. The van der Waals surface area contributed by atoms with E-state index in [0.29, 0.717) is 19.3 Å². The number of nitrogens with zero attached hydrogens (tertiary/aromatic N) is 1. The van der Waals surface area contributed by atoms with E-state index in [1.54, 1.807) is 0 Å². The maximum Gasteiger partial charge on any atom is 0.227 e. The molecular weight excluding hydrogens is 266 g/mol. The lowest BCUT2D eigenvalue weighted by Crippen LogP contribution is -2.50. The number of hydrogen-bond donors (Lipinski definition) is 2. The normalized spacial score (nSPS) is 31.5. The standard InChI is InChI=1S/C16H29N3O2/c1-2-7-17-15-11-21-10-14(15)16(20)18-12-5-8-19(9-6-12)13-3-4-13/h12-15,17H,2-11H2,1H3,(H,18,20). The van der Waals surface area contributed by atoms with Gasteiger partial charge in [-0.2, -0.15) is 0 Å². The van der Waals surface area contributed by atoms with Gasteiger partial charge in [0, 0.05) is 31.2 Å². The van der Waals surface area contributed by atoms with Gasteiger partial charge in [-0.1, -0.05) is 6.92 Å². The highest BCUT2D eigenvalue weighted by molar-refractivity contribution is 5.80. The zero-order valence-corrected chi connectivity index (χ0v) is 13.1. The molecule has 3 fully saturated rings. The number of ether oxygens (including phenoxy) is 1. The molecule has 2 atom stereocenters. The van der Waals surface area contributed by atoms with Gasteiger partial charge >= 0.3 is 0 Å². The van der Waals surface area contributed by atoms with E-state index >= 15 is 0 Å². The summed E-state index contributed by atoms with van der Waals surface area (Å²) in [4.78, 5) is 15.1. The van der Waals surface area contributed by atoms with E-state index in [0.717, 1.165) is 44.9 Å². The van der Waals surface area contributed by atoms with Crippen LogP contribution in [-0.4, -0.2) is 61.8 Å². The Balaban J connectivity index is 1.42. The highest BCUT2D eigenvalue weighted by atomic mass is 16.5. The molecule has 0 bridgehead atoms. The third-order valence-corrected chi connectivity index (χ3v) is 5.01. The minimum atomic E-state index is -0.0157. The second-order valence-electron chi connectivity index (χ2n) is 6.75. The van der Waals surface area contributed by atoms with Gasteiger partial charge in [0.15, 0.2) is 0 Å². The summed E-state index contributed by atoms with van der Waals surface area (Å²) in [6.07, 6.45) is 6.04. The summed E-state index contributed by atoms with van der Waals surface area (Å²) < 4.78 is 5.50. The van der Waals surface area contributed by atoms with E-state index in [-0.39, 0.29) is 17.9 Å². The minimum absolute atomic E-state index is 0.0157. The molecule has 0 spiro atoms. The fraction of sp³-hybridized carbons (Fsp3) is 0.938. The van der Waals surface area contributed by atoms with Crippen molar-refractivity contribution in [3.8, 4) is 0 Å². The van der Waals surface area contributed by atoms with Gasteiger partial charge in [-0.3, -0.25) is 4.79 Å². The zero-order valence-electron chi connectivity index (χ0n) is 13.1. The number of carbonyl (C=O) groups excluding carboxylic acids is 1. The summed E-state index contributed by atoms with van der Waals surface area (Å²) in [7, 11) is 0. The van der Waals surface area contributed by atoms with Gasteiger partial charge in [0.2, 0.25) is 5.91 Å². The van der Waals surface area contributed by atoms with Crippen molar-refractivity contribution in [2.75, 3.05) is 32.8 Å². The molecule has 3 aliphatic rings. The second kappa shape index (κ2) is 7.07. The summed E-state index contributed by atoms with van der Waals surface area (Å²) in [5.74, 6) is 0.170. The predicted molar refractivity (Wildman–Crippen MR) is 82.2 cm³/mol. The van der Waals surface area contributed by atoms with Gasteiger partial charge in [0.25, 0.3) is 0 Å². The van der Waals surface area contributed by atoms with Crippen LogP contribution in [0.2, 0.25) is 0 Å². The summed E-state index contributed by atoms with van der Waals surface area (Å²) in [6, 6.07) is 1.41. The number of likely N-dealkylation sites (tertiary alicyclic amines) is 1. The molecular formula is C16H29N3O2. The zero-order chi connectivity index (χ0) is 14.7. The molecule has 2 heterocycles. The molecule has 5 nitrogen and oxygen atoms in total. The number of nitrogens with one attached hydrogen (secondary N) is 2. The van der Waals surface area contributed by atoms with E-state index < -0.39 is 0 Å². The smallest absolute Gasteiger partial charge is 0.227 e. The Morgan fingerprint density at radius 3 is 2.62 bits per heavy atom. The average Bonchev–Trinajstić information content (AvgIpc) is 3.24. The molecule has 21 heavy (non-hydrogen) atoms. The van der Waals surface area contributed by atoms with Crippen LogP contribution in [0.5, 0.6) is 0 Å². The van der Waals surface area contributed by atoms with Crippen LogP contribution in [0, 0.1) is 5.92 Å². The molecule has 0 radical (unpaired) electrons. The summed E-state index contributed by atoms with van der Waals surface area (Å²) in [5.41, 5.74) is 0. The third kappa shape index (κ3) is 3.96. The molecule has 3 rings (SSSR count). The van der Waals surface area contributed by atoms with Crippen molar-refractivity contribution in [3.63, 3.8) is 0 Å². The van der Waals surface area contributed by atoms with Crippen molar-refractivity contribution < 1.29 is 9.53 Å². The number of rotatable bonds is 6. The van der Waals surface area contributed by atoms with E-state index in [9.17, 15) is 4.79 Å². The Bertz CT molecular complexity index is 351. The molecule has 5 heteroatoms. The molecule has 2 N–H and O–H groups in total. The molecule has 1 amide bonds. The Morgan fingerprint density at radius 2 is 1.95 bits per heavy atom. The van der Waals surface area contributed by atoms with Crippen molar-refractivity contribution >= 4 is 5.91 Å². The quantitative estimate of drug-likeness (QED) is 0.759. The van der Waals surface area contributed by atoms with Crippen molar-refractivity contribution in [1.82, 2.24) is 15.5 Å². The third-order valence-electron chi connectivity index (χ3n) is 5.01. The average molecular weight is 295 g/mol. The fourth-order valence-corrected chi connectivity index (χ4v) is 3.50. The number of hydrogen-bond acceptors (Lipinski definition) is 4. The molecule has 2 unspecified atom stereocenters. The van der Waals surface area contributed by atoms with E-state index in [1.807, 2.05) is 0 Å². The van der Waals surface area contributed by atoms with E-state index in [2.05, 4.69) is 22.5 Å². The van der Waals surface area contributed by atoms with Gasteiger partial charge in [0.1, 0.15) is 0 Å². The van der Waals surface area contributed by atoms with Gasteiger partial charge in [-0.15, -0.1) is 0 Å². The van der Waals surface area contributed by atoms with Gasteiger partial charge in [-0.25, -0.2) is 0 Å². The first kappa shape index (κ1) is 15.3. The molecule has 120 valence electrons.